The van der Waals surface area contributed by atoms with E-state index in [1.165, 1.54) is 24.0 Å². The van der Waals surface area contributed by atoms with Crippen molar-refractivity contribution < 1.29 is 4.79 Å². The van der Waals surface area contributed by atoms with Gasteiger partial charge in [-0.15, -0.1) is 0 Å². The zero-order valence-corrected chi connectivity index (χ0v) is 17.6. The minimum atomic E-state index is -0.00743. The topological polar surface area (TPSA) is 23.6 Å². The standard InChI is InChI=1S/C24H34N2O/c1-18-12-11-13-19(2)21(18)23(27)26(5)22(20-14-7-6-8-15-20)24(25(3)4)16-9-10-17-24/h6-8,12,14-15,22H,9-11,13,16-17H2,1-5H3. The molecular weight excluding hydrogens is 332 g/mol. The summed E-state index contributed by atoms with van der Waals surface area (Å²) in [4.78, 5) is 18.1. The summed E-state index contributed by atoms with van der Waals surface area (Å²) in [6, 6.07) is 10.7. The first-order chi connectivity index (χ1) is 12.9. The molecule has 0 spiro atoms. The fourth-order valence-electron chi connectivity index (χ4n) is 5.20. The van der Waals surface area contributed by atoms with Crippen LogP contribution in [0.1, 0.15) is 64.0 Å². The number of likely N-dealkylation sites (N-methyl/N-ethyl adjacent to an activating group) is 2. The van der Waals surface area contributed by atoms with Crippen molar-refractivity contribution in [2.45, 2.75) is 64.0 Å². The van der Waals surface area contributed by atoms with Gasteiger partial charge in [-0.05, 0) is 64.8 Å². The second-order valence-corrected chi connectivity index (χ2v) is 8.52. The Bertz CT molecular complexity index is 739. The van der Waals surface area contributed by atoms with Crippen molar-refractivity contribution in [3.05, 3.63) is 58.7 Å². The molecule has 1 aromatic rings. The molecule has 2 aliphatic carbocycles. The molecule has 0 aromatic heterocycles. The summed E-state index contributed by atoms with van der Waals surface area (Å²) in [5, 5.41) is 0. The zero-order valence-electron chi connectivity index (χ0n) is 17.6. The van der Waals surface area contributed by atoms with Crippen LogP contribution in [0.3, 0.4) is 0 Å². The largest absolute Gasteiger partial charge is 0.333 e. The van der Waals surface area contributed by atoms with Gasteiger partial charge in [0.2, 0.25) is 0 Å². The molecule has 0 saturated heterocycles. The Morgan fingerprint density at radius 2 is 1.67 bits per heavy atom. The molecule has 1 fully saturated rings. The number of hydrogen-bond donors (Lipinski definition) is 0. The SMILES string of the molecule is CC1=CCCC(C)=C1C(=O)N(C)C(c1ccccc1)C1(N(C)C)CCCC1. The lowest BCUT2D eigenvalue weighted by atomic mass is 9.80. The van der Waals surface area contributed by atoms with E-state index in [2.05, 4.69) is 69.3 Å². The second kappa shape index (κ2) is 8.02. The summed E-state index contributed by atoms with van der Waals surface area (Å²) >= 11 is 0. The minimum Gasteiger partial charge on any atom is -0.333 e. The number of carbonyl (C=O) groups is 1. The molecule has 0 bridgehead atoms. The van der Waals surface area contributed by atoms with Gasteiger partial charge in [-0.1, -0.05) is 54.8 Å². The predicted molar refractivity (Wildman–Crippen MR) is 113 cm³/mol. The van der Waals surface area contributed by atoms with Gasteiger partial charge >= 0.3 is 0 Å². The Balaban J connectivity index is 2.06. The molecule has 0 radical (unpaired) electrons. The first-order valence-electron chi connectivity index (χ1n) is 10.2. The van der Waals surface area contributed by atoms with Crippen molar-refractivity contribution in [1.82, 2.24) is 9.80 Å². The maximum atomic E-state index is 13.7. The van der Waals surface area contributed by atoms with Gasteiger partial charge in [-0.3, -0.25) is 4.79 Å². The number of rotatable bonds is 5. The molecule has 0 heterocycles. The van der Waals surface area contributed by atoms with Gasteiger partial charge in [-0.25, -0.2) is 0 Å². The van der Waals surface area contributed by atoms with Crippen molar-refractivity contribution >= 4 is 5.91 Å². The van der Waals surface area contributed by atoms with Gasteiger partial charge in [0.05, 0.1) is 6.04 Å². The number of nitrogens with zero attached hydrogens (tertiary/aromatic N) is 2. The van der Waals surface area contributed by atoms with E-state index in [9.17, 15) is 4.79 Å². The first kappa shape index (κ1) is 19.9. The number of carbonyl (C=O) groups excluding carboxylic acids is 1. The van der Waals surface area contributed by atoms with Crippen molar-refractivity contribution in [3.8, 4) is 0 Å². The summed E-state index contributed by atoms with van der Waals surface area (Å²) < 4.78 is 0. The summed E-state index contributed by atoms with van der Waals surface area (Å²) in [6.07, 6.45) is 8.95. The lowest BCUT2D eigenvalue weighted by molar-refractivity contribution is -0.131. The van der Waals surface area contributed by atoms with Gasteiger partial charge in [0.25, 0.3) is 5.91 Å². The van der Waals surface area contributed by atoms with E-state index in [4.69, 9.17) is 0 Å². The highest BCUT2D eigenvalue weighted by atomic mass is 16.2. The lowest BCUT2D eigenvalue weighted by Gasteiger charge is -2.47. The molecule has 3 rings (SSSR count). The van der Waals surface area contributed by atoms with Gasteiger partial charge in [0.1, 0.15) is 0 Å². The third kappa shape index (κ3) is 3.62. The smallest absolute Gasteiger partial charge is 0.254 e. The molecule has 1 unspecified atom stereocenters. The molecule has 0 N–H and O–H groups in total. The molecule has 0 aliphatic heterocycles. The van der Waals surface area contributed by atoms with Gasteiger partial charge in [0.15, 0.2) is 0 Å². The van der Waals surface area contributed by atoms with Crippen LogP contribution in [0.5, 0.6) is 0 Å². The fourth-order valence-corrected chi connectivity index (χ4v) is 5.20. The monoisotopic (exact) mass is 366 g/mol. The zero-order chi connectivity index (χ0) is 19.6. The van der Waals surface area contributed by atoms with Crippen molar-refractivity contribution in [3.63, 3.8) is 0 Å². The number of amides is 1. The van der Waals surface area contributed by atoms with E-state index in [0.717, 1.165) is 36.8 Å². The Hall–Kier alpha value is -1.87. The van der Waals surface area contributed by atoms with Crippen LogP contribution in [-0.4, -0.2) is 42.4 Å². The Morgan fingerprint density at radius 3 is 2.22 bits per heavy atom. The molecule has 1 aromatic carbocycles. The molecule has 2 aliphatic rings. The third-order valence-corrected chi connectivity index (χ3v) is 6.70. The quantitative estimate of drug-likeness (QED) is 0.722. The van der Waals surface area contributed by atoms with Crippen LogP contribution in [0, 0.1) is 0 Å². The van der Waals surface area contributed by atoms with Crippen LogP contribution in [0.4, 0.5) is 0 Å². The van der Waals surface area contributed by atoms with E-state index in [0.29, 0.717) is 0 Å². The molecule has 146 valence electrons. The fraction of sp³-hybridized carbons (Fsp3) is 0.542. The highest BCUT2D eigenvalue weighted by Crippen LogP contribution is 2.46. The van der Waals surface area contributed by atoms with Crippen molar-refractivity contribution in [2.75, 3.05) is 21.1 Å². The average Bonchev–Trinajstić information content (AvgIpc) is 3.13. The van der Waals surface area contributed by atoms with E-state index in [1.54, 1.807) is 0 Å². The summed E-state index contributed by atoms with van der Waals surface area (Å²) in [5.74, 6) is 0.169. The van der Waals surface area contributed by atoms with E-state index >= 15 is 0 Å². The van der Waals surface area contributed by atoms with Crippen LogP contribution in [-0.2, 0) is 4.79 Å². The highest BCUT2D eigenvalue weighted by Gasteiger charge is 2.47. The Morgan fingerprint density at radius 1 is 1.04 bits per heavy atom. The summed E-state index contributed by atoms with van der Waals surface area (Å²) in [6.45, 7) is 4.20. The maximum absolute atomic E-state index is 13.7. The summed E-state index contributed by atoms with van der Waals surface area (Å²) in [7, 11) is 6.36. The average molecular weight is 367 g/mol. The molecule has 1 saturated carbocycles. The van der Waals surface area contributed by atoms with Crippen molar-refractivity contribution in [2.24, 2.45) is 0 Å². The molecule has 3 heteroatoms. The van der Waals surface area contributed by atoms with Crippen LogP contribution in [0.25, 0.3) is 0 Å². The molecule has 3 nitrogen and oxygen atoms in total. The third-order valence-electron chi connectivity index (χ3n) is 6.70. The van der Waals surface area contributed by atoms with Crippen LogP contribution in [0.2, 0.25) is 0 Å². The lowest BCUT2D eigenvalue weighted by Crippen LogP contribution is -2.54. The maximum Gasteiger partial charge on any atom is 0.254 e. The van der Waals surface area contributed by atoms with E-state index in [1.807, 2.05) is 11.9 Å². The van der Waals surface area contributed by atoms with Crippen LogP contribution < -0.4 is 0 Å². The van der Waals surface area contributed by atoms with E-state index in [-0.39, 0.29) is 17.5 Å². The van der Waals surface area contributed by atoms with Crippen molar-refractivity contribution in [1.29, 1.82) is 0 Å². The van der Waals surface area contributed by atoms with Crippen LogP contribution in [0.15, 0.2) is 53.1 Å². The second-order valence-electron chi connectivity index (χ2n) is 8.52. The van der Waals surface area contributed by atoms with E-state index < -0.39 is 0 Å². The normalized spacial score (nSPS) is 20.6. The number of allylic oxidation sites excluding steroid dienone is 2. The van der Waals surface area contributed by atoms with Gasteiger partial charge < -0.3 is 9.80 Å². The van der Waals surface area contributed by atoms with Crippen LogP contribution >= 0.6 is 0 Å². The predicted octanol–water partition coefficient (Wildman–Crippen LogP) is 5.12. The Labute approximate surface area is 164 Å². The molecular formula is C24H34N2O. The number of benzene rings is 1. The minimum absolute atomic E-state index is 0.00743. The Kier molecular flexibility index (Phi) is 5.90. The highest BCUT2D eigenvalue weighted by molar-refractivity contribution is 5.98. The van der Waals surface area contributed by atoms with Gasteiger partial charge in [-0.2, -0.15) is 0 Å². The summed E-state index contributed by atoms with van der Waals surface area (Å²) in [5.41, 5.74) is 4.51. The first-order valence-corrected chi connectivity index (χ1v) is 10.2. The van der Waals surface area contributed by atoms with Gasteiger partial charge in [0, 0.05) is 18.2 Å². The number of hydrogen-bond acceptors (Lipinski definition) is 2. The molecule has 1 atom stereocenters. The molecule has 1 amide bonds. The molecule has 27 heavy (non-hydrogen) atoms.